The number of hydrogen-bond acceptors (Lipinski definition) is 2. The average molecular weight is 237 g/mol. The maximum atomic E-state index is 12.2. The summed E-state index contributed by atoms with van der Waals surface area (Å²) in [4.78, 5) is 14.2. The molecular weight excluding hydrogens is 214 g/mol. The summed E-state index contributed by atoms with van der Waals surface area (Å²) in [6.45, 7) is 9.72. The third kappa shape index (κ3) is 2.89. The fourth-order valence-electron chi connectivity index (χ4n) is 2.54. The smallest absolute Gasteiger partial charge is 0.228 e. The summed E-state index contributed by atoms with van der Waals surface area (Å²) in [5.41, 5.74) is 1.72. The lowest BCUT2D eigenvalue weighted by atomic mass is 9.83. The Kier molecular flexibility index (Phi) is 3.57. The van der Waals surface area contributed by atoms with Gasteiger partial charge in [-0.25, -0.2) is 0 Å². The predicted molar refractivity (Wildman–Crippen MR) is 67.7 cm³/mol. The molecule has 3 heteroatoms. The topological polar surface area (TPSA) is 29.5 Å². The summed E-state index contributed by atoms with van der Waals surface area (Å²) < 4.78 is 5.28. The molecule has 0 saturated carbocycles. The van der Waals surface area contributed by atoms with E-state index in [9.17, 15) is 4.79 Å². The molecule has 1 atom stereocenters. The van der Waals surface area contributed by atoms with Gasteiger partial charge in [-0.1, -0.05) is 32.4 Å². The lowest BCUT2D eigenvalue weighted by Gasteiger charge is -2.33. The third-order valence-electron chi connectivity index (χ3n) is 3.76. The van der Waals surface area contributed by atoms with E-state index in [-0.39, 0.29) is 17.2 Å². The molecule has 17 heavy (non-hydrogen) atoms. The molecule has 2 heterocycles. The van der Waals surface area contributed by atoms with E-state index in [1.54, 1.807) is 0 Å². The maximum Gasteiger partial charge on any atom is 0.228 e. The number of hydrogen-bond donors (Lipinski definition) is 0. The van der Waals surface area contributed by atoms with E-state index in [1.807, 2.05) is 4.90 Å². The maximum absolute atomic E-state index is 12.2. The van der Waals surface area contributed by atoms with Gasteiger partial charge >= 0.3 is 0 Å². The highest BCUT2D eigenvalue weighted by Crippen LogP contribution is 2.30. The largest absolute Gasteiger partial charge is 0.381 e. The molecule has 1 unspecified atom stereocenters. The molecular formula is C14H23NO2. The molecule has 0 bridgehead atoms. The zero-order chi connectivity index (χ0) is 12.5. The SMILES string of the molecule is CC(C)(C)C1=CCN(C(=O)C2CCOC2)CC1. The van der Waals surface area contributed by atoms with Gasteiger partial charge < -0.3 is 9.64 Å². The molecule has 0 aromatic carbocycles. The predicted octanol–water partition coefficient (Wildman–Crippen LogP) is 2.23. The van der Waals surface area contributed by atoms with E-state index in [4.69, 9.17) is 4.74 Å². The van der Waals surface area contributed by atoms with Crippen LogP contribution in [0.3, 0.4) is 0 Å². The van der Waals surface area contributed by atoms with Gasteiger partial charge in [0, 0.05) is 19.7 Å². The highest BCUT2D eigenvalue weighted by Gasteiger charge is 2.30. The fourth-order valence-corrected chi connectivity index (χ4v) is 2.54. The quantitative estimate of drug-likeness (QED) is 0.654. The molecule has 2 rings (SSSR count). The Bertz CT molecular complexity index is 322. The van der Waals surface area contributed by atoms with Gasteiger partial charge in [0.1, 0.15) is 0 Å². The molecule has 2 aliphatic rings. The van der Waals surface area contributed by atoms with Crippen LogP contribution in [0.4, 0.5) is 0 Å². The number of ether oxygens (including phenoxy) is 1. The monoisotopic (exact) mass is 237 g/mol. The molecule has 0 aromatic heterocycles. The molecule has 96 valence electrons. The van der Waals surface area contributed by atoms with Crippen LogP contribution in [0.5, 0.6) is 0 Å². The van der Waals surface area contributed by atoms with Crippen molar-refractivity contribution in [3.05, 3.63) is 11.6 Å². The lowest BCUT2D eigenvalue weighted by Crippen LogP contribution is -2.40. The molecule has 1 amide bonds. The van der Waals surface area contributed by atoms with Gasteiger partial charge in [0.05, 0.1) is 12.5 Å². The number of amides is 1. The second-order valence-electron chi connectivity index (χ2n) is 6.07. The van der Waals surface area contributed by atoms with Crippen molar-refractivity contribution in [3.8, 4) is 0 Å². The first-order chi connectivity index (χ1) is 7.98. The Labute approximate surface area is 104 Å². The second kappa shape index (κ2) is 4.81. The zero-order valence-corrected chi connectivity index (χ0v) is 11.2. The van der Waals surface area contributed by atoms with Crippen LogP contribution in [0.2, 0.25) is 0 Å². The van der Waals surface area contributed by atoms with Crippen molar-refractivity contribution >= 4 is 5.91 Å². The van der Waals surface area contributed by atoms with Crippen LogP contribution in [0.1, 0.15) is 33.6 Å². The van der Waals surface area contributed by atoms with Gasteiger partial charge in [0.2, 0.25) is 5.91 Å². The van der Waals surface area contributed by atoms with Crippen molar-refractivity contribution in [1.29, 1.82) is 0 Å². The first-order valence-electron chi connectivity index (χ1n) is 6.54. The van der Waals surface area contributed by atoms with Gasteiger partial charge in [0.15, 0.2) is 0 Å². The number of rotatable bonds is 1. The van der Waals surface area contributed by atoms with Crippen molar-refractivity contribution in [2.75, 3.05) is 26.3 Å². The molecule has 0 radical (unpaired) electrons. The van der Waals surface area contributed by atoms with E-state index in [0.29, 0.717) is 6.61 Å². The van der Waals surface area contributed by atoms with Crippen molar-refractivity contribution in [2.45, 2.75) is 33.6 Å². The van der Waals surface area contributed by atoms with E-state index in [0.717, 1.165) is 32.5 Å². The summed E-state index contributed by atoms with van der Waals surface area (Å²) in [5, 5.41) is 0. The van der Waals surface area contributed by atoms with Crippen molar-refractivity contribution in [2.24, 2.45) is 11.3 Å². The standard InChI is InChI=1S/C14H23NO2/c1-14(2,3)12-4-7-15(8-5-12)13(16)11-6-9-17-10-11/h4,11H,5-10H2,1-3H3. The van der Waals surface area contributed by atoms with Crippen molar-refractivity contribution < 1.29 is 9.53 Å². The van der Waals surface area contributed by atoms with Crippen molar-refractivity contribution in [3.63, 3.8) is 0 Å². The molecule has 2 aliphatic heterocycles. The number of carbonyl (C=O) groups is 1. The minimum atomic E-state index is 0.111. The van der Waals surface area contributed by atoms with Crippen LogP contribution in [-0.2, 0) is 9.53 Å². The molecule has 0 spiro atoms. The Hall–Kier alpha value is -0.830. The Morgan fingerprint density at radius 2 is 2.24 bits per heavy atom. The van der Waals surface area contributed by atoms with Crippen LogP contribution in [0, 0.1) is 11.3 Å². The molecule has 0 N–H and O–H groups in total. The number of carbonyl (C=O) groups excluding carboxylic acids is 1. The first-order valence-corrected chi connectivity index (χ1v) is 6.54. The van der Waals surface area contributed by atoms with Crippen LogP contribution >= 0.6 is 0 Å². The molecule has 1 fully saturated rings. The molecule has 0 aromatic rings. The summed E-state index contributed by atoms with van der Waals surface area (Å²) in [7, 11) is 0. The van der Waals surface area contributed by atoms with Crippen molar-refractivity contribution in [1.82, 2.24) is 4.90 Å². The minimum Gasteiger partial charge on any atom is -0.381 e. The highest BCUT2D eigenvalue weighted by atomic mass is 16.5. The van der Waals surface area contributed by atoms with Crippen LogP contribution in [-0.4, -0.2) is 37.1 Å². The third-order valence-corrected chi connectivity index (χ3v) is 3.76. The highest BCUT2D eigenvalue weighted by molar-refractivity contribution is 5.79. The number of nitrogens with zero attached hydrogens (tertiary/aromatic N) is 1. The van der Waals surface area contributed by atoms with Crippen LogP contribution in [0.15, 0.2) is 11.6 Å². The minimum absolute atomic E-state index is 0.111. The van der Waals surface area contributed by atoms with Gasteiger partial charge in [-0.2, -0.15) is 0 Å². The van der Waals surface area contributed by atoms with Crippen LogP contribution < -0.4 is 0 Å². The molecule has 3 nitrogen and oxygen atoms in total. The molecule has 1 saturated heterocycles. The normalized spacial score (nSPS) is 25.9. The van der Waals surface area contributed by atoms with Gasteiger partial charge in [0.25, 0.3) is 0 Å². The summed E-state index contributed by atoms with van der Waals surface area (Å²) in [5.74, 6) is 0.395. The summed E-state index contributed by atoms with van der Waals surface area (Å²) in [6, 6.07) is 0. The van der Waals surface area contributed by atoms with Gasteiger partial charge in [-0.05, 0) is 18.3 Å². The van der Waals surface area contributed by atoms with Gasteiger partial charge in [-0.3, -0.25) is 4.79 Å². The van der Waals surface area contributed by atoms with Crippen LogP contribution in [0.25, 0.3) is 0 Å². The Morgan fingerprint density at radius 1 is 1.47 bits per heavy atom. The van der Waals surface area contributed by atoms with E-state index in [2.05, 4.69) is 26.8 Å². The second-order valence-corrected chi connectivity index (χ2v) is 6.07. The fraction of sp³-hybridized carbons (Fsp3) is 0.786. The van der Waals surface area contributed by atoms with Gasteiger partial charge in [-0.15, -0.1) is 0 Å². The van der Waals surface area contributed by atoms with E-state index >= 15 is 0 Å². The Morgan fingerprint density at radius 3 is 2.71 bits per heavy atom. The average Bonchev–Trinajstić information content (AvgIpc) is 2.80. The molecule has 0 aliphatic carbocycles. The summed E-state index contributed by atoms with van der Waals surface area (Å²) >= 11 is 0. The lowest BCUT2D eigenvalue weighted by molar-refractivity contribution is -0.135. The van der Waals surface area contributed by atoms with E-state index < -0.39 is 0 Å². The van der Waals surface area contributed by atoms with E-state index in [1.165, 1.54) is 5.57 Å². The first kappa shape index (κ1) is 12.6. The Balaban J connectivity index is 1.94. The summed E-state index contributed by atoms with van der Waals surface area (Å²) in [6.07, 6.45) is 4.14. The zero-order valence-electron chi connectivity index (χ0n) is 11.2.